The molecule has 1 heterocycles. The van der Waals surface area contributed by atoms with Crippen molar-refractivity contribution in [3.8, 4) is 11.8 Å². The highest BCUT2D eigenvalue weighted by atomic mass is 16.6. The Labute approximate surface area is 139 Å². The van der Waals surface area contributed by atoms with Gasteiger partial charge in [-0.3, -0.25) is 14.9 Å². The molecular formula is C17H16N4O3. The number of nitro benzene ring substituents is 1. The minimum atomic E-state index is -0.461. The van der Waals surface area contributed by atoms with Gasteiger partial charge in [0.2, 0.25) is 0 Å². The van der Waals surface area contributed by atoms with E-state index in [0.717, 1.165) is 11.4 Å². The first-order valence-corrected chi connectivity index (χ1v) is 7.16. The van der Waals surface area contributed by atoms with E-state index in [9.17, 15) is 14.9 Å². The molecule has 0 saturated heterocycles. The summed E-state index contributed by atoms with van der Waals surface area (Å²) in [5.74, 6) is -0.461. The lowest BCUT2D eigenvalue weighted by molar-refractivity contribution is -0.384. The predicted molar refractivity (Wildman–Crippen MR) is 89.6 cm³/mol. The number of carbonyl (C=O) groups excluding carboxylic acids is 1. The SMILES string of the molecule is CNC(=O)/C(C#N)=C/c1cc(C)n(-c2cccc([N+](=O)[O-])c2)c1C. The fraction of sp³-hybridized carbons (Fsp3) is 0.176. The maximum Gasteiger partial charge on any atom is 0.271 e. The van der Waals surface area contributed by atoms with E-state index in [1.54, 1.807) is 12.1 Å². The Hall–Kier alpha value is -3.40. The van der Waals surface area contributed by atoms with E-state index < -0.39 is 10.8 Å². The summed E-state index contributed by atoms with van der Waals surface area (Å²) in [5, 5.41) is 22.5. The average Bonchev–Trinajstić information content (AvgIpc) is 2.85. The maximum atomic E-state index is 11.7. The number of nitrogens with zero attached hydrogens (tertiary/aromatic N) is 3. The van der Waals surface area contributed by atoms with Crippen LogP contribution in [0.25, 0.3) is 11.8 Å². The summed E-state index contributed by atoms with van der Waals surface area (Å²) in [7, 11) is 1.46. The molecule has 2 rings (SSSR count). The third-order valence-electron chi connectivity index (χ3n) is 3.66. The molecule has 0 radical (unpaired) electrons. The molecule has 0 saturated carbocycles. The molecule has 24 heavy (non-hydrogen) atoms. The Bertz CT molecular complexity index is 888. The number of hydrogen-bond acceptors (Lipinski definition) is 4. The smallest absolute Gasteiger partial charge is 0.271 e. The van der Waals surface area contributed by atoms with E-state index in [1.807, 2.05) is 30.6 Å². The lowest BCUT2D eigenvalue weighted by Crippen LogP contribution is -2.19. The number of carbonyl (C=O) groups is 1. The normalized spacial score (nSPS) is 11.0. The standard InChI is InChI=1S/C17H16N4O3/c1-11-7-13(8-14(10-18)17(22)19-3)12(2)20(11)15-5-4-6-16(9-15)21(23)24/h4-9H,1-3H3,(H,19,22)/b14-8+. The van der Waals surface area contributed by atoms with Crippen LogP contribution in [0.3, 0.4) is 0 Å². The van der Waals surface area contributed by atoms with Crippen LogP contribution >= 0.6 is 0 Å². The highest BCUT2D eigenvalue weighted by Gasteiger charge is 2.14. The van der Waals surface area contributed by atoms with Crippen molar-refractivity contribution < 1.29 is 9.72 Å². The van der Waals surface area contributed by atoms with Crippen molar-refractivity contribution in [2.24, 2.45) is 0 Å². The first-order valence-electron chi connectivity index (χ1n) is 7.16. The number of nitrogens with one attached hydrogen (secondary N) is 1. The molecular weight excluding hydrogens is 308 g/mol. The van der Waals surface area contributed by atoms with Crippen LogP contribution in [0.2, 0.25) is 0 Å². The number of nitriles is 1. The van der Waals surface area contributed by atoms with Crippen LogP contribution in [0.15, 0.2) is 35.9 Å². The summed E-state index contributed by atoms with van der Waals surface area (Å²) in [6.07, 6.45) is 1.51. The van der Waals surface area contributed by atoms with Crippen molar-refractivity contribution in [1.82, 2.24) is 9.88 Å². The number of non-ortho nitro benzene ring substituents is 1. The topological polar surface area (TPSA) is 101 Å². The van der Waals surface area contributed by atoms with Gasteiger partial charge in [-0.1, -0.05) is 6.07 Å². The van der Waals surface area contributed by atoms with Gasteiger partial charge in [0.15, 0.2) is 0 Å². The molecule has 0 spiro atoms. The summed E-state index contributed by atoms with van der Waals surface area (Å²) >= 11 is 0. The Morgan fingerprint density at radius 2 is 2.08 bits per heavy atom. The van der Waals surface area contributed by atoms with Gasteiger partial charge in [0.05, 0.1) is 10.6 Å². The largest absolute Gasteiger partial charge is 0.354 e. The van der Waals surface area contributed by atoms with E-state index in [-0.39, 0.29) is 11.3 Å². The molecule has 1 aromatic carbocycles. The van der Waals surface area contributed by atoms with Crippen LogP contribution in [-0.2, 0) is 4.79 Å². The van der Waals surface area contributed by atoms with Crippen LogP contribution < -0.4 is 5.32 Å². The van der Waals surface area contributed by atoms with Crippen molar-refractivity contribution in [2.75, 3.05) is 7.05 Å². The number of hydrogen-bond donors (Lipinski definition) is 1. The quantitative estimate of drug-likeness (QED) is 0.404. The number of rotatable bonds is 4. The van der Waals surface area contributed by atoms with E-state index in [4.69, 9.17) is 5.26 Å². The molecule has 0 fully saturated rings. The first kappa shape index (κ1) is 17.0. The second-order valence-corrected chi connectivity index (χ2v) is 5.19. The number of amides is 1. The Morgan fingerprint density at radius 1 is 1.38 bits per heavy atom. The molecule has 1 N–H and O–H groups in total. The molecule has 0 aliphatic heterocycles. The first-order chi connectivity index (χ1) is 11.4. The Balaban J connectivity index is 2.57. The van der Waals surface area contributed by atoms with E-state index in [0.29, 0.717) is 11.3 Å². The zero-order chi connectivity index (χ0) is 17.9. The number of aryl methyl sites for hydroxylation is 1. The molecule has 0 bridgehead atoms. The molecule has 0 aliphatic carbocycles. The second-order valence-electron chi connectivity index (χ2n) is 5.19. The molecule has 0 aliphatic rings. The summed E-state index contributed by atoms with van der Waals surface area (Å²) in [6.45, 7) is 3.69. The molecule has 0 unspecified atom stereocenters. The predicted octanol–water partition coefficient (Wildman–Crippen LogP) is 2.66. The minimum Gasteiger partial charge on any atom is -0.354 e. The van der Waals surface area contributed by atoms with Crippen molar-refractivity contribution in [1.29, 1.82) is 5.26 Å². The van der Waals surface area contributed by atoms with Gasteiger partial charge in [-0.15, -0.1) is 0 Å². The number of benzene rings is 1. The number of aromatic nitrogens is 1. The summed E-state index contributed by atoms with van der Waals surface area (Å²) in [4.78, 5) is 22.2. The summed E-state index contributed by atoms with van der Waals surface area (Å²) in [6, 6.07) is 10.00. The lowest BCUT2D eigenvalue weighted by atomic mass is 10.1. The average molecular weight is 324 g/mol. The Kier molecular flexibility index (Phi) is 4.80. The van der Waals surface area contributed by atoms with Gasteiger partial charge in [0.1, 0.15) is 11.6 Å². The van der Waals surface area contributed by atoms with Crippen molar-refractivity contribution in [2.45, 2.75) is 13.8 Å². The van der Waals surface area contributed by atoms with Crippen LogP contribution in [0.4, 0.5) is 5.69 Å². The third kappa shape index (κ3) is 3.17. The molecule has 7 nitrogen and oxygen atoms in total. The van der Waals surface area contributed by atoms with Gasteiger partial charge in [-0.2, -0.15) is 5.26 Å². The summed E-state index contributed by atoms with van der Waals surface area (Å²) in [5.41, 5.74) is 2.98. The highest BCUT2D eigenvalue weighted by molar-refractivity contribution is 6.01. The second kappa shape index (κ2) is 6.79. The summed E-state index contributed by atoms with van der Waals surface area (Å²) < 4.78 is 1.84. The maximum absolute atomic E-state index is 11.7. The van der Waals surface area contributed by atoms with Gasteiger partial charge in [0, 0.05) is 30.6 Å². The third-order valence-corrected chi connectivity index (χ3v) is 3.66. The van der Waals surface area contributed by atoms with Gasteiger partial charge < -0.3 is 9.88 Å². The van der Waals surface area contributed by atoms with Crippen LogP contribution in [0.1, 0.15) is 17.0 Å². The molecule has 7 heteroatoms. The number of likely N-dealkylation sites (N-methyl/N-ethyl adjacent to an activating group) is 1. The Morgan fingerprint density at radius 3 is 2.67 bits per heavy atom. The molecule has 122 valence electrons. The minimum absolute atomic E-state index is 0.000154. The monoisotopic (exact) mass is 324 g/mol. The van der Waals surface area contributed by atoms with E-state index in [2.05, 4.69) is 5.32 Å². The van der Waals surface area contributed by atoms with Crippen LogP contribution in [0.5, 0.6) is 0 Å². The van der Waals surface area contributed by atoms with Gasteiger partial charge in [0.25, 0.3) is 11.6 Å². The van der Waals surface area contributed by atoms with E-state index in [1.165, 1.54) is 25.3 Å². The lowest BCUT2D eigenvalue weighted by Gasteiger charge is -2.09. The van der Waals surface area contributed by atoms with Crippen LogP contribution in [0, 0.1) is 35.3 Å². The molecule has 0 atom stereocenters. The van der Waals surface area contributed by atoms with E-state index >= 15 is 0 Å². The fourth-order valence-electron chi connectivity index (χ4n) is 2.52. The van der Waals surface area contributed by atoms with Gasteiger partial charge in [-0.05, 0) is 37.6 Å². The zero-order valence-corrected chi connectivity index (χ0v) is 13.5. The van der Waals surface area contributed by atoms with Gasteiger partial charge in [-0.25, -0.2) is 0 Å². The number of nitro groups is 1. The molecule has 1 aromatic heterocycles. The fourth-order valence-corrected chi connectivity index (χ4v) is 2.52. The van der Waals surface area contributed by atoms with Gasteiger partial charge >= 0.3 is 0 Å². The van der Waals surface area contributed by atoms with Crippen molar-refractivity contribution >= 4 is 17.7 Å². The van der Waals surface area contributed by atoms with Crippen LogP contribution in [-0.4, -0.2) is 22.4 Å². The zero-order valence-electron chi connectivity index (χ0n) is 13.5. The van der Waals surface area contributed by atoms with Crippen molar-refractivity contribution in [3.63, 3.8) is 0 Å². The van der Waals surface area contributed by atoms with Crippen molar-refractivity contribution in [3.05, 3.63) is 63.0 Å². The molecule has 1 amide bonds. The molecule has 2 aromatic rings. The highest BCUT2D eigenvalue weighted by Crippen LogP contribution is 2.25.